The van der Waals surface area contributed by atoms with Crippen LogP contribution in [0, 0.1) is 5.82 Å². The highest BCUT2D eigenvalue weighted by atomic mass is 19.1. The minimum atomic E-state index is -0.245. The van der Waals surface area contributed by atoms with Gasteiger partial charge in [0.1, 0.15) is 5.82 Å². The van der Waals surface area contributed by atoms with E-state index in [1.807, 2.05) is 6.07 Å². The number of carbonyl (C=O) groups excluding carboxylic acids is 1. The van der Waals surface area contributed by atoms with Crippen LogP contribution in [0.1, 0.15) is 17.5 Å². The molecule has 0 spiro atoms. The summed E-state index contributed by atoms with van der Waals surface area (Å²) in [6, 6.07) is 4.82. The Labute approximate surface area is 111 Å². The molecule has 0 atom stereocenters. The maximum absolute atomic E-state index is 13.3. The number of allylic oxidation sites excluding steroid dienone is 1. The van der Waals surface area contributed by atoms with Gasteiger partial charge in [-0.25, -0.2) is 4.39 Å². The van der Waals surface area contributed by atoms with E-state index in [1.165, 1.54) is 12.1 Å². The highest BCUT2D eigenvalue weighted by Gasteiger charge is 2.20. The number of benzene rings is 1. The molecule has 0 radical (unpaired) electrons. The Morgan fingerprint density at radius 3 is 2.84 bits per heavy atom. The van der Waals surface area contributed by atoms with Crippen molar-refractivity contribution in [1.29, 1.82) is 0 Å². The first kappa shape index (κ1) is 12.4. The second-order valence-electron chi connectivity index (χ2n) is 4.91. The third-order valence-electron chi connectivity index (χ3n) is 3.70. The number of rotatable bonds is 1. The van der Waals surface area contributed by atoms with Crippen LogP contribution in [0.5, 0.6) is 0 Å². The molecule has 1 heterocycles. The molecule has 1 saturated heterocycles. The minimum absolute atomic E-state index is 0.00964. The molecule has 2 aliphatic rings. The Balaban J connectivity index is 1.82. The first-order valence-electron chi connectivity index (χ1n) is 6.60. The van der Waals surface area contributed by atoms with Crippen LogP contribution >= 0.6 is 0 Å². The third kappa shape index (κ3) is 2.54. The summed E-state index contributed by atoms with van der Waals surface area (Å²) < 4.78 is 18.5. The van der Waals surface area contributed by atoms with Crippen molar-refractivity contribution in [2.75, 3.05) is 26.3 Å². The molecule has 0 saturated carbocycles. The van der Waals surface area contributed by atoms with Gasteiger partial charge < -0.3 is 9.64 Å². The summed E-state index contributed by atoms with van der Waals surface area (Å²) >= 11 is 0. The molecule has 1 aromatic rings. The van der Waals surface area contributed by atoms with Crippen LogP contribution in [0.4, 0.5) is 4.39 Å². The Hall–Kier alpha value is -1.68. The second kappa shape index (κ2) is 5.13. The maximum Gasteiger partial charge on any atom is 0.247 e. The monoisotopic (exact) mass is 261 g/mol. The molecule has 1 fully saturated rings. The quantitative estimate of drug-likeness (QED) is 0.724. The first-order valence-corrected chi connectivity index (χ1v) is 6.60. The van der Waals surface area contributed by atoms with Crippen molar-refractivity contribution in [1.82, 2.24) is 4.90 Å². The summed E-state index contributed by atoms with van der Waals surface area (Å²) in [5.74, 6) is -0.235. The van der Waals surface area contributed by atoms with Gasteiger partial charge in [-0.1, -0.05) is 6.07 Å². The Kier molecular flexibility index (Phi) is 3.34. The largest absolute Gasteiger partial charge is 0.378 e. The number of hydrogen-bond donors (Lipinski definition) is 0. The molecule has 1 aliphatic carbocycles. The number of fused-ring (bicyclic) bond motifs is 1. The number of hydrogen-bond acceptors (Lipinski definition) is 2. The predicted molar refractivity (Wildman–Crippen MR) is 70.1 cm³/mol. The Morgan fingerprint density at radius 2 is 2.05 bits per heavy atom. The zero-order valence-corrected chi connectivity index (χ0v) is 10.7. The fourth-order valence-corrected chi connectivity index (χ4v) is 2.64. The van der Waals surface area contributed by atoms with Crippen LogP contribution in [0.2, 0.25) is 0 Å². The number of morpholine rings is 1. The van der Waals surface area contributed by atoms with Gasteiger partial charge in [-0.15, -0.1) is 0 Å². The van der Waals surface area contributed by atoms with Crippen molar-refractivity contribution in [3.8, 4) is 0 Å². The van der Waals surface area contributed by atoms with Gasteiger partial charge in [0.15, 0.2) is 0 Å². The summed E-state index contributed by atoms with van der Waals surface area (Å²) in [4.78, 5) is 13.9. The molecule has 0 bridgehead atoms. The average Bonchev–Trinajstić information content (AvgIpc) is 2.82. The van der Waals surface area contributed by atoms with E-state index in [4.69, 9.17) is 4.74 Å². The van der Waals surface area contributed by atoms with Gasteiger partial charge in [0.05, 0.1) is 13.2 Å². The van der Waals surface area contributed by atoms with Gasteiger partial charge >= 0.3 is 0 Å². The zero-order chi connectivity index (χ0) is 13.2. The molecule has 0 aromatic heterocycles. The molecule has 0 N–H and O–H groups in total. The molecule has 3 nitrogen and oxygen atoms in total. The van der Waals surface area contributed by atoms with Crippen molar-refractivity contribution < 1.29 is 13.9 Å². The third-order valence-corrected chi connectivity index (χ3v) is 3.70. The van der Waals surface area contributed by atoms with E-state index >= 15 is 0 Å². The van der Waals surface area contributed by atoms with E-state index in [-0.39, 0.29) is 11.7 Å². The maximum atomic E-state index is 13.3. The van der Waals surface area contributed by atoms with Gasteiger partial charge in [-0.2, -0.15) is 0 Å². The van der Waals surface area contributed by atoms with E-state index < -0.39 is 0 Å². The molecule has 1 amide bonds. The zero-order valence-electron chi connectivity index (χ0n) is 10.7. The first-order chi connectivity index (χ1) is 9.24. The molecular weight excluding hydrogens is 245 g/mol. The molecule has 19 heavy (non-hydrogen) atoms. The number of halogens is 1. The summed E-state index contributed by atoms with van der Waals surface area (Å²) in [6.07, 6.45) is 3.36. The fraction of sp³-hybridized carbons (Fsp3) is 0.400. The number of amides is 1. The van der Waals surface area contributed by atoms with E-state index in [9.17, 15) is 9.18 Å². The molecule has 100 valence electrons. The SMILES string of the molecule is O=C(C=C1CCc2ccc(F)cc21)N1CCOCC1. The topological polar surface area (TPSA) is 29.5 Å². The minimum Gasteiger partial charge on any atom is -0.378 e. The van der Waals surface area contributed by atoms with E-state index in [0.717, 1.165) is 29.5 Å². The molecular formula is C15H16FNO2. The summed E-state index contributed by atoms with van der Waals surface area (Å²) in [5.41, 5.74) is 2.97. The van der Waals surface area contributed by atoms with Crippen molar-refractivity contribution in [3.63, 3.8) is 0 Å². The van der Waals surface area contributed by atoms with Crippen LogP contribution < -0.4 is 0 Å². The Morgan fingerprint density at radius 1 is 1.26 bits per heavy atom. The lowest BCUT2D eigenvalue weighted by Crippen LogP contribution is -2.39. The smallest absolute Gasteiger partial charge is 0.247 e. The summed E-state index contributed by atoms with van der Waals surface area (Å²) in [6.45, 7) is 2.47. The Bertz CT molecular complexity index is 533. The van der Waals surface area contributed by atoms with Gasteiger partial charge in [0.25, 0.3) is 0 Å². The van der Waals surface area contributed by atoms with E-state index in [1.54, 1.807) is 11.0 Å². The number of ether oxygens (including phenoxy) is 1. The molecule has 4 heteroatoms. The molecule has 1 aliphatic heterocycles. The molecule has 0 unspecified atom stereocenters. The predicted octanol–water partition coefficient (Wildman–Crippen LogP) is 2.01. The van der Waals surface area contributed by atoms with Gasteiger partial charge in [0, 0.05) is 19.2 Å². The normalized spacial score (nSPS) is 20.7. The fourth-order valence-electron chi connectivity index (χ4n) is 2.64. The van der Waals surface area contributed by atoms with Crippen LogP contribution in [0.3, 0.4) is 0 Å². The van der Waals surface area contributed by atoms with Crippen LogP contribution in [0.25, 0.3) is 5.57 Å². The highest BCUT2D eigenvalue weighted by Crippen LogP contribution is 2.32. The highest BCUT2D eigenvalue weighted by molar-refractivity contribution is 5.96. The number of nitrogens with zero attached hydrogens (tertiary/aromatic N) is 1. The molecule has 1 aromatic carbocycles. The van der Waals surface area contributed by atoms with Gasteiger partial charge in [-0.3, -0.25) is 4.79 Å². The summed E-state index contributed by atoms with van der Waals surface area (Å²) in [5, 5.41) is 0. The number of carbonyl (C=O) groups is 1. The standard InChI is InChI=1S/C15H16FNO2/c16-13-4-3-11-1-2-12(14(11)10-13)9-15(18)17-5-7-19-8-6-17/h3-4,9-10H,1-2,5-8H2. The van der Waals surface area contributed by atoms with Crippen LogP contribution in [0.15, 0.2) is 24.3 Å². The van der Waals surface area contributed by atoms with Crippen LogP contribution in [-0.2, 0) is 16.0 Å². The van der Waals surface area contributed by atoms with Crippen molar-refractivity contribution in [2.24, 2.45) is 0 Å². The van der Waals surface area contributed by atoms with Crippen molar-refractivity contribution >= 4 is 11.5 Å². The second-order valence-corrected chi connectivity index (χ2v) is 4.91. The lowest BCUT2D eigenvalue weighted by atomic mass is 10.1. The van der Waals surface area contributed by atoms with Gasteiger partial charge in [-0.05, 0) is 41.7 Å². The van der Waals surface area contributed by atoms with Crippen molar-refractivity contribution in [3.05, 3.63) is 41.2 Å². The van der Waals surface area contributed by atoms with Crippen molar-refractivity contribution in [2.45, 2.75) is 12.8 Å². The van der Waals surface area contributed by atoms with Crippen LogP contribution in [-0.4, -0.2) is 37.1 Å². The van der Waals surface area contributed by atoms with E-state index in [2.05, 4.69) is 0 Å². The van der Waals surface area contributed by atoms with E-state index in [0.29, 0.717) is 26.3 Å². The number of aryl methyl sites for hydroxylation is 1. The molecule has 3 rings (SSSR count). The lowest BCUT2D eigenvalue weighted by Gasteiger charge is -2.25. The lowest BCUT2D eigenvalue weighted by molar-refractivity contribution is -0.129. The average molecular weight is 261 g/mol. The van der Waals surface area contributed by atoms with Gasteiger partial charge in [0.2, 0.25) is 5.91 Å². The summed E-state index contributed by atoms with van der Waals surface area (Å²) in [7, 11) is 0.